The molecule has 1 aromatic heterocycles. The maximum absolute atomic E-state index is 13.1. The minimum Gasteiger partial charge on any atom is -0.477 e. The van der Waals surface area contributed by atoms with Gasteiger partial charge in [-0.1, -0.05) is 0 Å². The fourth-order valence-corrected chi connectivity index (χ4v) is 0.867. The van der Waals surface area contributed by atoms with Gasteiger partial charge in [-0.15, -0.1) is 0 Å². The van der Waals surface area contributed by atoms with E-state index >= 15 is 0 Å². The fraction of sp³-hybridized carbons (Fsp3) is 0.250. The molecule has 0 spiro atoms. The third-order valence-electron chi connectivity index (χ3n) is 1.46. The van der Waals surface area contributed by atoms with Crippen molar-refractivity contribution in [2.24, 2.45) is 0 Å². The first-order chi connectivity index (χ1) is 6.56. The van der Waals surface area contributed by atoms with Gasteiger partial charge < -0.3 is 15.6 Å². The molecule has 0 saturated heterocycles. The number of hydrogen-bond acceptors (Lipinski definition) is 4. The molecule has 0 fully saturated rings. The summed E-state index contributed by atoms with van der Waals surface area (Å²) in [5.74, 6) is -2.50. The number of nitrogen functional groups attached to an aromatic ring is 1. The summed E-state index contributed by atoms with van der Waals surface area (Å²) >= 11 is 0. The predicted molar refractivity (Wildman–Crippen MR) is 46.7 cm³/mol. The van der Waals surface area contributed by atoms with E-state index in [1.54, 1.807) is 6.92 Å². The lowest BCUT2D eigenvalue weighted by molar-refractivity contribution is 0.0689. The van der Waals surface area contributed by atoms with Crippen LogP contribution in [-0.4, -0.2) is 22.7 Å². The Morgan fingerprint density at radius 2 is 2.43 bits per heavy atom. The van der Waals surface area contributed by atoms with Gasteiger partial charge in [0.1, 0.15) is 0 Å². The van der Waals surface area contributed by atoms with Gasteiger partial charge in [0, 0.05) is 0 Å². The summed E-state index contributed by atoms with van der Waals surface area (Å²) < 4.78 is 17.9. The van der Waals surface area contributed by atoms with E-state index in [1.807, 2.05) is 0 Å². The van der Waals surface area contributed by atoms with Crippen molar-refractivity contribution in [2.45, 2.75) is 6.92 Å². The van der Waals surface area contributed by atoms with Crippen LogP contribution >= 0.6 is 0 Å². The number of carbonyl (C=O) groups is 1. The second-order valence-corrected chi connectivity index (χ2v) is 2.45. The van der Waals surface area contributed by atoms with Gasteiger partial charge >= 0.3 is 5.97 Å². The van der Waals surface area contributed by atoms with Gasteiger partial charge in [0.2, 0.25) is 5.82 Å². The van der Waals surface area contributed by atoms with E-state index in [4.69, 9.17) is 15.6 Å². The molecule has 6 heteroatoms. The second-order valence-electron chi connectivity index (χ2n) is 2.45. The van der Waals surface area contributed by atoms with E-state index in [0.29, 0.717) is 0 Å². The van der Waals surface area contributed by atoms with Gasteiger partial charge in [-0.25, -0.2) is 9.78 Å². The van der Waals surface area contributed by atoms with E-state index in [0.717, 1.165) is 6.07 Å². The highest BCUT2D eigenvalue weighted by Gasteiger charge is 2.14. The molecule has 1 aromatic rings. The lowest BCUT2D eigenvalue weighted by Gasteiger charge is -2.06. The van der Waals surface area contributed by atoms with Crippen LogP contribution in [0.25, 0.3) is 0 Å². The Balaban J connectivity index is 3.20. The number of rotatable bonds is 3. The lowest BCUT2D eigenvalue weighted by atomic mass is 10.3. The quantitative estimate of drug-likeness (QED) is 0.757. The molecule has 0 aliphatic carbocycles. The Bertz CT molecular complexity index is 368. The zero-order valence-corrected chi connectivity index (χ0v) is 7.45. The molecule has 3 N–H and O–H groups in total. The number of aromatic nitrogens is 1. The molecule has 0 amide bonds. The highest BCUT2D eigenvalue weighted by Crippen LogP contribution is 2.21. The van der Waals surface area contributed by atoms with Crippen LogP contribution in [0.2, 0.25) is 0 Å². The molecule has 14 heavy (non-hydrogen) atoms. The Morgan fingerprint density at radius 3 is 2.93 bits per heavy atom. The monoisotopic (exact) mass is 200 g/mol. The molecule has 1 rings (SSSR count). The van der Waals surface area contributed by atoms with Crippen LogP contribution in [0.15, 0.2) is 6.07 Å². The standard InChI is InChI=1S/C8H9FN2O3/c1-2-14-7-6(9)4(10)3-5(11-7)8(12)13/h3H,2H2,1H3,(H2,10,11)(H,12,13). The first-order valence-corrected chi connectivity index (χ1v) is 3.88. The number of nitrogens with two attached hydrogens (primary N) is 1. The molecule has 0 radical (unpaired) electrons. The van der Waals surface area contributed by atoms with Gasteiger partial charge in [0.05, 0.1) is 12.3 Å². The normalized spacial score (nSPS) is 9.86. The first kappa shape index (κ1) is 10.2. The summed E-state index contributed by atoms with van der Waals surface area (Å²) in [6.45, 7) is 1.82. The summed E-state index contributed by atoms with van der Waals surface area (Å²) in [6, 6.07) is 0.945. The number of carboxylic acid groups (broad SMARTS) is 1. The van der Waals surface area contributed by atoms with E-state index in [2.05, 4.69) is 4.98 Å². The highest BCUT2D eigenvalue weighted by molar-refractivity contribution is 5.86. The average molecular weight is 200 g/mol. The van der Waals surface area contributed by atoms with Gasteiger partial charge in [0.15, 0.2) is 5.69 Å². The van der Waals surface area contributed by atoms with Crippen molar-refractivity contribution in [3.8, 4) is 5.88 Å². The summed E-state index contributed by atoms with van der Waals surface area (Å²) in [7, 11) is 0. The van der Waals surface area contributed by atoms with Crippen molar-refractivity contribution >= 4 is 11.7 Å². The average Bonchev–Trinajstić information content (AvgIpc) is 2.12. The first-order valence-electron chi connectivity index (χ1n) is 3.88. The van der Waals surface area contributed by atoms with Crippen molar-refractivity contribution in [1.29, 1.82) is 0 Å². The zero-order chi connectivity index (χ0) is 10.7. The zero-order valence-electron chi connectivity index (χ0n) is 7.45. The maximum atomic E-state index is 13.1. The molecule has 0 aromatic carbocycles. The molecule has 5 nitrogen and oxygen atoms in total. The van der Waals surface area contributed by atoms with Crippen LogP contribution in [0.5, 0.6) is 5.88 Å². The van der Waals surface area contributed by atoms with Crippen molar-refractivity contribution in [2.75, 3.05) is 12.3 Å². The number of pyridine rings is 1. The largest absolute Gasteiger partial charge is 0.477 e. The Morgan fingerprint density at radius 1 is 1.79 bits per heavy atom. The summed E-state index contributed by atoms with van der Waals surface area (Å²) in [5, 5.41) is 8.60. The number of anilines is 1. The smallest absolute Gasteiger partial charge is 0.354 e. The number of hydrogen-bond donors (Lipinski definition) is 2. The van der Waals surface area contributed by atoms with Crippen LogP contribution in [0.1, 0.15) is 17.4 Å². The van der Waals surface area contributed by atoms with E-state index in [-0.39, 0.29) is 23.9 Å². The molecule has 0 aliphatic heterocycles. The van der Waals surface area contributed by atoms with E-state index in [1.165, 1.54) is 0 Å². The number of halogens is 1. The van der Waals surface area contributed by atoms with Gasteiger partial charge in [-0.3, -0.25) is 0 Å². The maximum Gasteiger partial charge on any atom is 0.354 e. The van der Waals surface area contributed by atoms with Crippen molar-refractivity contribution in [1.82, 2.24) is 4.98 Å². The van der Waals surface area contributed by atoms with Crippen LogP contribution in [0.4, 0.5) is 10.1 Å². The predicted octanol–water partition coefficient (Wildman–Crippen LogP) is 0.900. The number of nitrogens with zero attached hydrogens (tertiary/aromatic N) is 1. The molecule has 0 bridgehead atoms. The summed E-state index contributed by atoms with van der Waals surface area (Å²) in [5.41, 5.74) is 4.60. The van der Waals surface area contributed by atoms with E-state index in [9.17, 15) is 9.18 Å². The van der Waals surface area contributed by atoms with E-state index < -0.39 is 11.8 Å². The fourth-order valence-electron chi connectivity index (χ4n) is 0.867. The molecule has 0 aliphatic rings. The topological polar surface area (TPSA) is 85.4 Å². The second kappa shape index (κ2) is 3.91. The van der Waals surface area contributed by atoms with Crippen molar-refractivity contribution in [3.05, 3.63) is 17.6 Å². The van der Waals surface area contributed by atoms with Crippen LogP contribution in [-0.2, 0) is 0 Å². The third-order valence-corrected chi connectivity index (χ3v) is 1.46. The Hall–Kier alpha value is -1.85. The highest BCUT2D eigenvalue weighted by atomic mass is 19.1. The number of aromatic carboxylic acids is 1. The van der Waals surface area contributed by atoms with Crippen LogP contribution in [0.3, 0.4) is 0 Å². The van der Waals surface area contributed by atoms with Gasteiger partial charge in [-0.05, 0) is 13.0 Å². The third kappa shape index (κ3) is 1.90. The molecular formula is C8H9FN2O3. The minimum absolute atomic E-state index is 0.187. The van der Waals surface area contributed by atoms with Crippen LogP contribution in [0, 0.1) is 5.82 Å². The number of ether oxygens (including phenoxy) is 1. The van der Waals surface area contributed by atoms with Gasteiger partial charge in [-0.2, -0.15) is 4.39 Å². The lowest BCUT2D eigenvalue weighted by Crippen LogP contribution is -2.07. The number of carboxylic acids is 1. The molecule has 0 atom stereocenters. The van der Waals surface area contributed by atoms with Crippen molar-refractivity contribution < 1.29 is 19.0 Å². The Labute approximate surface area is 79.3 Å². The van der Waals surface area contributed by atoms with Crippen LogP contribution < -0.4 is 10.5 Å². The molecule has 0 saturated carbocycles. The minimum atomic E-state index is -1.28. The summed E-state index contributed by atoms with van der Waals surface area (Å²) in [6.07, 6.45) is 0. The molecule has 0 unspecified atom stereocenters. The van der Waals surface area contributed by atoms with Crippen molar-refractivity contribution in [3.63, 3.8) is 0 Å². The molecule has 76 valence electrons. The molecular weight excluding hydrogens is 191 g/mol. The molecule has 1 heterocycles. The SMILES string of the molecule is CCOc1nc(C(=O)O)cc(N)c1F. The summed E-state index contributed by atoms with van der Waals surface area (Å²) in [4.78, 5) is 14.0. The van der Waals surface area contributed by atoms with Gasteiger partial charge in [0.25, 0.3) is 5.88 Å². The Kier molecular flexibility index (Phi) is 2.85.